The summed E-state index contributed by atoms with van der Waals surface area (Å²) >= 11 is 0. The summed E-state index contributed by atoms with van der Waals surface area (Å²) in [6.45, 7) is 10.1. The molecule has 0 aromatic heterocycles. The van der Waals surface area contributed by atoms with Crippen LogP contribution in [0.5, 0.6) is 0 Å². The van der Waals surface area contributed by atoms with Crippen LogP contribution < -0.4 is 5.32 Å². The van der Waals surface area contributed by atoms with Gasteiger partial charge in [-0.1, -0.05) is 6.92 Å². The van der Waals surface area contributed by atoms with Crippen molar-refractivity contribution in [1.29, 1.82) is 0 Å². The first-order chi connectivity index (χ1) is 9.35. The van der Waals surface area contributed by atoms with Crippen LogP contribution in [0.1, 0.15) is 45.4 Å². The van der Waals surface area contributed by atoms with Crippen LogP contribution in [0.3, 0.4) is 0 Å². The molecule has 110 valence electrons. The van der Waals surface area contributed by atoms with E-state index in [1.807, 2.05) is 0 Å². The summed E-state index contributed by atoms with van der Waals surface area (Å²) in [6, 6.07) is 1.69. The Hall–Kier alpha value is -0.120. The number of rotatable bonds is 5. The molecule has 1 N–H and O–H groups in total. The third-order valence-electron chi connectivity index (χ3n) is 5.44. The minimum Gasteiger partial charge on any atom is -0.314 e. The predicted molar refractivity (Wildman–Crippen MR) is 80.5 cm³/mol. The van der Waals surface area contributed by atoms with Crippen molar-refractivity contribution in [2.75, 3.05) is 39.3 Å². The lowest BCUT2D eigenvalue weighted by atomic mass is 9.98. The topological polar surface area (TPSA) is 18.5 Å². The van der Waals surface area contributed by atoms with Gasteiger partial charge in [-0.05, 0) is 83.7 Å². The molecular weight excluding hydrogens is 234 g/mol. The second kappa shape index (κ2) is 6.55. The summed E-state index contributed by atoms with van der Waals surface area (Å²) in [7, 11) is 0. The highest BCUT2D eigenvalue weighted by Gasteiger charge is 2.28. The molecule has 2 heterocycles. The Bertz CT molecular complexity index is 261. The van der Waals surface area contributed by atoms with E-state index in [-0.39, 0.29) is 0 Å². The van der Waals surface area contributed by atoms with E-state index < -0.39 is 0 Å². The molecule has 3 nitrogen and oxygen atoms in total. The molecule has 3 fully saturated rings. The lowest BCUT2D eigenvalue weighted by molar-refractivity contribution is 0.0855. The van der Waals surface area contributed by atoms with Gasteiger partial charge in [0.15, 0.2) is 0 Å². The maximum Gasteiger partial charge on any atom is 0.0120 e. The number of nitrogens with zero attached hydrogens (tertiary/aromatic N) is 2. The zero-order valence-electron chi connectivity index (χ0n) is 12.6. The first kappa shape index (κ1) is 13.8. The van der Waals surface area contributed by atoms with Crippen LogP contribution in [0.2, 0.25) is 0 Å². The third-order valence-corrected chi connectivity index (χ3v) is 5.44. The maximum absolute atomic E-state index is 3.79. The van der Waals surface area contributed by atoms with Crippen molar-refractivity contribution in [2.45, 2.75) is 57.5 Å². The van der Waals surface area contributed by atoms with Crippen LogP contribution in [-0.4, -0.2) is 61.2 Å². The Morgan fingerprint density at radius 3 is 2.16 bits per heavy atom. The van der Waals surface area contributed by atoms with Gasteiger partial charge in [0.2, 0.25) is 0 Å². The highest BCUT2D eigenvalue weighted by atomic mass is 15.2. The van der Waals surface area contributed by atoms with Crippen LogP contribution >= 0.6 is 0 Å². The molecule has 0 aromatic carbocycles. The Morgan fingerprint density at radius 2 is 1.58 bits per heavy atom. The van der Waals surface area contributed by atoms with E-state index in [2.05, 4.69) is 22.0 Å². The Balaban J connectivity index is 1.35. The molecule has 3 rings (SSSR count). The van der Waals surface area contributed by atoms with E-state index in [1.165, 1.54) is 77.8 Å². The molecule has 0 atom stereocenters. The Kier molecular flexibility index (Phi) is 4.78. The van der Waals surface area contributed by atoms with Crippen LogP contribution in [0, 0.1) is 5.92 Å². The molecule has 2 saturated heterocycles. The molecule has 3 aliphatic rings. The zero-order chi connectivity index (χ0) is 13.1. The maximum atomic E-state index is 3.79. The largest absolute Gasteiger partial charge is 0.314 e. The Morgan fingerprint density at radius 1 is 0.895 bits per heavy atom. The summed E-state index contributed by atoms with van der Waals surface area (Å²) in [6.07, 6.45) is 8.49. The second-order valence-electron chi connectivity index (χ2n) is 6.83. The quantitative estimate of drug-likeness (QED) is 0.819. The second-order valence-corrected chi connectivity index (χ2v) is 6.83. The number of hydrogen-bond acceptors (Lipinski definition) is 3. The fourth-order valence-electron chi connectivity index (χ4n) is 3.72. The van der Waals surface area contributed by atoms with E-state index in [0.717, 1.165) is 18.0 Å². The summed E-state index contributed by atoms with van der Waals surface area (Å²) < 4.78 is 0. The highest BCUT2D eigenvalue weighted by Crippen LogP contribution is 2.28. The number of hydrogen-bond donors (Lipinski definition) is 1. The van der Waals surface area contributed by atoms with Gasteiger partial charge in [-0.15, -0.1) is 0 Å². The molecule has 0 aromatic rings. The van der Waals surface area contributed by atoms with Gasteiger partial charge in [0.25, 0.3) is 0 Å². The van der Waals surface area contributed by atoms with E-state index in [4.69, 9.17) is 0 Å². The number of likely N-dealkylation sites (tertiary alicyclic amines) is 2. The van der Waals surface area contributed by atoms with Gasteiger partial charge in [-0.3, -0.25) is 0 Å². The van der Waals surface area contributed by atoms with Crippen molar-refractivity contribution < 1.29 is 0 Å². The molecule has 0 bridgehead atoms. The molecule has 0 spiro atoms. The van der Waals surface area contributed by atoms with E-state index >= 15 is 0 Å². The average molecular weight is 265 g/mol. The van der Waals surface area contributed by atoms with Crippen LogP contribution in [0.4, 0.5) is 0 Å². The van der Waals surface area contributed by atoms with Gasteiger partial charge in [-0.2, -0.15) is 0 Å². The van der Waals surface area contributed by atoms with Crippen molar-refractivity contribution >= 4 is 0 Å². The number of piperidine rings is 2. The molecular formula is C16H31N3. The number of nitrogens with one attached hydrogen (secondary N) is 1. The lowest BCUT2D eigenvalue weighted by Crippen LogP contribution is -2.50. The molecule has 0 amide bonds. The zero-order valence-corrected chi connectivity index (χ0v) is 12.6. The molecule has 1 saturated carbocycles. The summed E-state index contributed by atoms with van der Waals surface area (Å²) in [5.74, 6) is 1.02. The van der Waals surface area contributed by atoms with Crippen LogP contribution in [-0.2, 0) is 0 Å². The molecule has 19 heavy (non-hydrogen) atoms. The highest BCUT2D eigenvalue weighted by molar-refractivity contribution is 4.86. The summed E-state index contributed by atoms with van der Waals surface area (Å²) in [5.41, 5.74) is 0. The lowest BCUT2D eigenvalue weighted by Gasteiger charge is -2.41. The van der Waals surface area contributed by atoms with Crippen molar-refractivity contribution in [2.24, 2.45) is 5.92 Å². The monoisotopic (exact) mass is 265 g/mol. The van der Waals surface area contributed by atoms with E-state index in [1.54, 1.807) is 0 Å². The van der Waals surface area contributed by atoms with Crippen molar-refractivity contribution in [3.8, 4) is 0 Å². The van der Waals surface area contributed by atoms with Gasteiger partial charge in [0.05, 0.1) is 0 Å². The third kappa shape index (κ3) is 3.93. The minimum atomic E-state index is 0.813. The SMILES string of the molecule is CCN1CCC(N2CCC(NCC3CC3)CC2)CC1. The van der Waals surface area contributed by atoms with Crippen LogP contribution in [0.25, 0.3) is 0 Å². The van der Waals surface area contributed by atoms with Gasteiger partial charge in [-0.25, -0.2) is 0 Å². The fourth-order valence-corrected chi connectivity index (χ4v) is 3.72. The van der Waals surface area contributed by atoms with Crippen molar-refractivity contribution in [1.82, 2.24) is 15.1 Å². The average Bonchev–Trinajstić information content (AvgIpc) is 3.30. The van der Waals surface area contributed by atoms with E-state index in [9.17, 15) is 0 Å². The standard InChI is InChI=1S/C16H31N3/c1-2-18-9-7-16(8-10-18)19-11-5-15(6-12-19)17-13-14-3-4-14/h14-17H,2-13H2,1H3. The first-order valence-electron chi connectivity index (χ1n) is 8.55. The van der Waals surface area contributed by atoms with Crippen molar-refractivity contribution in [3.05, 3.63) is 0 Å². The summed E-state index contributed by atoms with van der Waals surface area (Å²) in [5, 5.41) is 3.79. The van der Waals surface area contributed by atoms with Gasteiger partial charge >= 0.3 is 0 Å². The van der Waals surface area contributed by atoms with Gasteiger partial charge in [0, 0.05) is 12.1 Å². The van der Waals surface area contributed by atoms with Crippen LogP contribution in [0.15, 0.2) is 0 Å². The minimum absolute atomic E-state index is 0.813. The van der Waals surface area contributed by atoms with Crippen molar-refractivity contribution in [3.63, 3.8) is 0 Å². The Labute approximate surface area is 118 Å². The fraction of sp³-hybridized carbons (Fsp3) is 1.00. The van der Waals surface area contributed by atoms with Gasteiger partial charge in [0.1, 0.15) is 0 Å². The molecule has 0 radical (unpaired) electrons. The first-order valence-corrected chi connectivity index (χ1v) is 8.55. The normalized spacial score (nSPS) is 28.9. The molecule has 0 unspecified atom stereocenters. The van der Waals surface area contributed by atoms with E-state index in [0.29, 0.717) is 0 Å². The molecule has 3 heteroatoms. The smallest absolute Gasteiger partial charge is 0.0120 e. The predicted octanol–water partition coefficient (Wildman–Crippen LogP) is 1.93. The summed E-state index contributed by atoms with van der Waals surface area (Å²) in [4.78, 5) is 5.38. The molecule has 2 aliphatic heterocycles. The van der Waals surface area contributed by atoms with Gasteiger partial charge < -0.3 is 15.1 Å². The molecule has 1 aliphatic carbocycles.